The molecule has 314 valence electrons. The van der Waals surface area contributed by atoms with Crippen molar-refractivity contribution >= 4 is 52.3 Å². The minimum absolute atomic E-state index is 0.00318. The molecule has 15 heteroatoms. The Hall–Kier alpha value is -5.73. The first kappa shape index (κ1) is 41.4. The molecule has 0 aliphatic carbocycles. The van der Waals surface area contributed by atoms with Crippen LogP contribution in [-0.2, 0) is 58.2 Å². The number of ether oxygens (including phenoxy) is 1. The fourth-order valence-electron chi connectivity index (χ4n) is 9.13. The lowest BCUT2D eigenvalue weighted by atomic mass is 9.99. The molecule has 4 aliphatic heterocycles. The molecule has 0 unspecified atom stereocenters. The summed E-state index contributed by atoms with van der Waals surface area (Å²) in [6, 6.07) is 10.6. The molecular formula is C44H55N7O8. The Balaban J connectivity index is 1.19. The molecule has 6 amide bonds. The molecule has 0 spiro atoms. The largest absolute Gasteiger partial charge is 0.458 e. The molecular weight excluding hydrogens is 755 g/mol. The molecule has 0 radical (unpaired) electrons. The molecule has 3 aromatic rings. The lowest BCUT2D eigenvalue weighted by Gasteiger charge is -2.39. The third-order valence-corrected chi connectivity index (χ3v) is 12.3. The van der Waals surface area contributed by atoms with E-state index in [0.717, 1.165) is 22.0 Å². The summed E-state index contributed by atoms with van der Waals surface area (Å²) >= 11 is 0. The first-order chi connectivity index (χ1) is 28.3. The number of nitrogens with zero attached hydrogens (tertiary/aromatic N) is 4. The second kappa shape index (κ2) is 17.6. The fraction of sp³-hybridized carbons (Fsp3) is 0.523. The van der Waals surface area contributed by atoms with E-state index in [-0.39, 0.29) is 37.8 Å². The summed E-state index contributed by atoms with van der Waals surface area (Å²) in [6.07, 6.45) is 3.75. The average molecular weight is 810 g/mol. The lowest BCUT2D eigenvalue weighted by molar-refractivity contribution is -0.163. The Bertz CT molecular complexity index is 2100. The quantitative estimate of drug-likeness (QED) is 0.304. The number of hydrogen-bond acceptors (Lipinski definition) is 8. The number of aryl methyl sites for hydroxylation is 1. The summed E-state index contributed by atoms with van der Waals surface area (Å²) in [5, 5.41) is 9.57. The summed E-state index contributed by atoms with van der Waals surface area (Å²) < 4.78 is 7.96. The average Bonchev–Trinajstić information content (AvgIpc) is 3.97. The van der Waals surface area contributed by atoms with Gasteiger partial charge in [0, 0.05) is 44.8 Å². The van der Waals surface area contributed by atoms with Crippen molar-refractivity contribution in [2.45, 2.75) is 114 Å². The number of nitrogens with one attached hydrogen (secondary N) is 3. The smallest absolute Gasteiger partial charge is 0.329 e. The molecule has 7 rings (SSSR count). The van der Waals surface area contributed by atoms with Crippen molar-refractivity contribution in [1.29, 1.82) is 0 Å². The molecule has 5 heterocycles. The Labute approximate surface area is 344 Å². The summed E-state index contributed by atoms with van der Waals surface area (Å²) in [5.41, 5.74) is 2.48. The number of esters is 1. The molecule has 4 fully saturated rings. The van der Waals surface area contributed by atoms with Gasteiger partial charge in [0.15, 0.2) is 0 Å². The predicted octanol–water partition coefficient (Wildman–Crippen LogP) is 1.99. The normalized spacial score (nSPS) is 27.4. The van der Waals surface area contributed by atoms with Gasteiger partial charge in [-0.2, -0.15) is 0 Å². The number of cyclic esters (lactones) is 1. The van der Waals surface area contributed by atoms with Crippen LogP contribution in [0.4, 0.5) is 0 Å². The van der Waals surface area contributed by atoms with Crippen molar-refractivity contribution < 1.29 is 38.3 Å². The highest BCUT2D eigenvalue weighted by Crippen LogP contribution is 2.29. The van der Waals surface area contributed by atoms with E-state index in [1.807, 2.05) is 79.3 Å². The van der Waals surface area contributed by atoms with Gasteiger partial charge in [0.1, 0.15) is 42.4 Å². The van der Waals surface area contributed by atoms with Crippen molar-refractivity contribution in [1.82, 2.24) is 35.2 Å². The molecule has 3 N–H and O–H groups in total. The van der Waals surface area contributed by atoms with Crippen LogP contribution < -0.4 is 16.0 Å². The molecule has 15 nitrogen and oxygen atoms in total. The minimum atomic E-state index is -1.45. The maximum atomic E-state index is 14.8. The van der Waals surface area contributed by atoms with Crippen molar-refractivity contribution in [3.05, 3.63) is 71.9 Å². The van der Waals surface area contributed by atoms with Crippen LogP contribution in [0.3, 0.4) is 0 Å². The fourth-order valence-corrected chi connectivity index (χ4v) is 9.13. The number of piperidine rings is 1. The summed E-state index contributed by atoms with van der Waals surface area (Å²) in [7, 11) is 1.92. The van der Waals surface area contributed by atoms with Gasteiger partial charge in [-0.25, -0.2) is 4.79 Å². The standard InChI is InChI=1S/C44H55N7O8/c1-26-21-36-44(58)59-28(3)38(43(57)50-19-10-14-34(50)42(56)49-18-9-8-13-33(49)40(54)45-27(2)41(55)51(36)25-26)47-39(53)32(22-29-11-6-5-7-12-29)46-37(52)24-30-15-16-31-17-20-48(4)35(31)23-30/h5-7,11-12,15-17,20,23,26-28,32-34,36,38H,8-10,13-14,18-19,21-22,24-25H2,1-4H3,(H,45,54)(H,46,52)(H,47,53)/t26-,27+,28+,32+,33+,34+,36+,38+/m1/s1. The molecule has 4 saturated heterocycles. The number of carbonyl (C=O) groups is 7. The zero-order chi connectivity index (χ0) is 42.0. The van der Waals surface area contributed by atoms with Gasteiger partial charge in [-0.1, -0.05) is 49.4 Å². The zero-order valence-electron chi connectivity index (χ0n) is 34.2. The van der Waals surface area contributed by atoms with Crippen LogP contribution in [-0.4, -0.2) is 123 Å². The van der Waals surface area contributed by atoms with Gasteiger partial charge in [-0.05, 0) is 86.9 Å². The van der Waals surface area contributed by atoms with Gasteiger partial charge in [0.25, 0.3) is 0 Å². The zero-order valence-corrected chi connectivity index (χ0v) is 34.2. The number of aromatic nitrogens is 1. The van der Waals surface area contributed by atoms with E-state index in [1.165, 1.54) is 21.6 Å². The highest BCUT2D eigenvalue weighted by Gasteiger charge is 2.47. The van der Waals surface area contributed by atoms with Crippen LogP contribution in [0.1, 0.15) is 70.4 Å². The van der Waals surface area contributed by atoms with E-state index in [1.54, 1.807) is 6.92 Å². The molecule has 8 atom stereocenters. The van der Waals surface area contributed by atoms with E-state index in [9.17, 15) is 33.6 Å². The maximum absolute atomic E-state index is 14.8. The summed E-state index contributed by atoms with van der Waals surface area (Å²) in [5.74, 6) is -3.80. The lowest BCUT2D eigenvalue weighted by Crippen LogP contribution is -2.63. The third kappa shape index (κ3) is 8.98. The summed E-state index contributed by atoms with van der Waals surface area (Å²) in [4.78, 5) is 103. The predicted molar refractivity (Wildman–Crippen MR) is 217 cm³/mol. The second-order valence-electron chi connectivity index (χ2n) is 16.7. The molecule has 4 aliphatic rings. The summed E-state index contributed by atoms with van der Waals surface area (Å²) in [6.45, 7) is 5.78. The van der Waals surface area contributed by atoms with E-state index >= 15 is 0 Å². The highest BCUT2D eigenvalue weighted by atomic mass is 16.5. The number of rotatable bonds is 7. The Morgan fingerprint density at radius 2 is 1.54 bits per heavy atom. The Kier molecular flexibility index (Phi) is 12.4. The van der Waals surface area contributed by atoms with E-state index in [2.05, 4.69) is 16.0 Å². The van der Waals surface area contributed by atoms with E-state index in [4.69, 9.17) is 4.74 Å². The van der Waals surface area contributed by atoms with Crippen molar-refractivity contribution in [3.8, 4) is 0 Å². The maximum Gasteiger partial charge on any atom is 0.329 e. The van der Waals surface area contributed by atoms with Gasteiger partial charge in [-0.15, -0.1) is 0 Å². The molecule has 59 heavy (non-hydrogen) atoms. The van der Waals surface area contributed by atoms with E-state index in [0.29, 0.717) is 45.1 Å². The Morgan fingerprint density at radius 1 is 0.814 bits per heavy atom. The van der Waals surface area contributed by atoms with Gasteiger partial charge < -0.3 is 40.0 Å². The van der Waals surface area contributed by atoms with Crippen LogP contribution >= 0.6 is 0 Å². The minimum Gasteiger partial charge on any atom is -0.458 e. The molecule has 0 saturated carbocycles. The Morgan fingerprint density at radius 3 is 2.32 bits per heavy atom. The monoisotopic (exact) mass is 809 g/mol. The van der Waals surface area contributed by atoms with Gasteiger partial charge >= 0.3 is 5.97 Å². The van der Waals surface area contributed by atoms with Crippen molar-refractivity contribution in [3.63, 3.8) is 0 Å². The van der Waals surface area contributed by atoms with Gasteiger partial charge in [-0.3, -0.25) is 28.8 Å². The first-order valence-electron chi connectivity index (χ1n) is 20.9. The van der Waals surface area contributed by atoms with Crippen molar-refractivity contribution in [2.24, 2.45) is 13.0 Å². The van der Waals surface area contributed by atoms with Crippen LogP contribution in [0.25, 0.3) is 10.9 Å². The number of amides is 6. The van der Waals surface area contributed by atoms with Gasteiger partial charge in [0.05, 0.1) is 6.42 Å². The number of hydrogen-bond donors (Lipinski definition) is 3. The SMILES string of the molecule is C[C@@H]1C[C@H]2C(=O)O[C@@H](C)[C@H](NC(=O)[C@H](Cc3ccccc3)NC(=O)Cc3ccc4ccn(C)c4c3)C(=O)N3CCC[C@H]3C(=O)N3CCCC[C@H]3C(=O)N[C@@H](C)C(=O)N2C1. The third-order valence-electron chi connectivity index (χ3n) is 12.3. The topological polar surface area (TPSA) is 179 Å². The first-order valence-corrected chi connectivity index (χ1v) is 20.9. The van der Waals surface area contributed by atoms with E-state index < -0.39 is 77.9 Å². The molecule has 0 bridgehead atoms. The van der Waals surface area contributed by atoms with Gasteiger partial charge in [0.2, 0.25) is 35.4 Å². The highest BCUT2D eigenvalue weighted by molar-refractivity contribution is 5.98. The number of fused-ring (bicyclic) bond motifs is 4. The van der Waals surface area contributed by atoms with Crippen LogP contribution in [0.5, 0.6) is 0 Å². The van der Waals surface area contributed by atoms with Crippen LogP contribution in [0.15, 0.2) is 60.8 Å². The number of carbonyl (C=O) groups excluding carboxylic acids is 7. The molecule has 2 aromatic carbocycles. The number of benzene rings is 2. The van der Waals surface area contributed by atoms with Crippen LogP contribution in [0.2, 0.25) is 0 Å². The second-order valence-corrected chi connectivity index (χ2v) is 16.7. The van der Waals surface area contributed by atoms with Crippen molar-refractivity contribution in [2.75, 3.05) is 19.6 Å². The van der Waals surface area contributed by atoms with Crippen LogP contribution in [0, 0.1) is 5.92 Å². The molecule has 1 aromatic heterocycles.